The van der Waals surface area contributed by atoms with Crippen LogP contribution in [0.1, 0.15) is 11.3 Å². The molecule has 2 heterocycles. The van der Waals surface area contributed by atoms with Gasteiger partial charge in [-0.3, -0.25) is 4.79 Å². The van der Waals surface area contributed by atoms with Crippen molar-refractivity contribution >= 4 is 22.7 Å². The van der Waals surface area contributed by atoms with Gasteiger partial charge in [-0.1, -0.05) is 0 Å². The van der Waals surface area contributed by atoms with Crippen LogP contribution >= 0.6 is 11.8 Å². The van der Waals surface area contributed by atoms with E-state index in [1.165, 1.54) is 11.8 Å². The summed E-state index contributed by atoms with van der Waals surface area (Å²) in [5.74, 6) is 1.23. The number of fused-ring (bicyclic) bond motifs is 1. The van der Waals surface area contributed by atoms with Gasteiger partial charge in [0, 0.05) is 17.4 Å². The van der Waals surface area contributed by atoms with Crippen molar-refractivity contribution in [1.29, 1.82) is 0 Å². The van der Waals surface area contributed by atoms with E-state index in [2.05, 4.69) is 0 Å². The van der Waals surface area contributed by atoms with Gasteiger partial charge < -0.3 is 24.5 Å². The highest BCUT2D eigenvalue weighted by Gasteiger charge is 2.38. The molecule has 7 heteroatoms. The van der Waals surface area contributed by atoms with Crippen LogP contribution in [-0.2, 0) is 0 Å². The quantitative estimate of drug-likeness (QED) is 0.749. The van der Waals surface area contributed by atoms with E-state index < -0.39 is 23.7 Å². The molecule has 0 unspecified atom stereocenters. The molecule has 4 atom stereocenters. The summed E-state index contributed by atoms with van der Waals surface area (Å²) >= 11 is 1.22. The lowest BCUT2D eigenvalue weighted by Gasteiger charge is -2.34. The Bertz CT molecular complexity index is 786. The Morgan fingerprint density at radius 1 is 1.22 bits per heavy atom. The maximum atomic E-state index is 12.2. The predicted molar refractivity (Wildman–Crippen MR) is 86.9 cm³/mol. The molecular formula is C16H18O6S. The third-order valence-corrected chi connectivity index (χ3v) is 5.27. The molecule has 2 aromatic rings. The van der Waals surface area contributed by atoms with Gasteiger partial charge in [-0.05, 0) is 26.0 Å². The molecule has 0 saturated carbocycles. The van der Waals surface area contributed by atoms with Crippen LogP contribution in [0.5, 0.6) is 5.75 Å². The van der Waals surface area contributed by atoms with Gasteiger partial charge in [0.2, 0.25) is 0 Å². The van der Waals surface area contributed by atoms with Crippen LogP contribution in [0.4, 0.5) is 0 Å². The molecule has 1 fully saturated rings. The molecule has 0 radical (unpaired) electrons. The fraction of sp³-hybridized carbons (Fsp3) is 0.438. The minimum Gasteiger partial charge on any atom is -0.477 e. The number of aliphatic hydroxyl groups excluding tert-OH is 3. The van der Waals surface area contributed by atoms with Gasteiger partial charge in [-0.2, -0.15) is 0 Å². The van der Waals surface area contributed by atoms with Crippen molar-refractivity contribution in [3.8, 4) is 5.75 Å². The highest BCUT2D eigenvalue weighted by molar-refractivity contribution is 7.99. The van der Waals surface area contributed by atoms with E-state index in [-0.39, 0.29) is 11.2 Å². The molecule has 3 N–H and O–H groups in total. The summed E-state index contributed by atoms with van der Waals surface area (Å²) in [7, 11) is 0. The first-order valence-corrected chi connectivity index (χ1v) is 8.30. The van der Waals surface area contributed by atoms with Gasteiger partial charge in [-0.15, -0.1) is 11.8 Å². The molecule has 0 aliphatic carbocycles. The number of hydrogen-bond donors (Lipinski definition) is 3. The number of benzene rings is 1. The predicted octanol–water partition coefficient (Wildman–Crippen LogP) is 0.944. The third-order valence-electron chi connectivity index (χ3n) is 4.04. The standard InChI is InChI=1S/C16H18O6S/c1-7-8(2)21-12-5-9(3-4-10(12)13(7)18)22-16-15(20)14(19)11(17)6-23-16/h3-5,11,14-17,19-20H,6H2,1-2H3/t11-,14+,15-,16-/m1/s1. The van der Waals surface area contributed by atoms with Crippen LogP contribution in [-0.4, -0.2) is 44.8 Å². The molecule has 124 valence electrons. The van der Waals surface area contributed by atoms with Crippen molar-refractivity contribution in [2.75, 3.05) is 5.75 Å². The second kappa shape index (κ2) is 6.16. The topological polar surface area (TPSA) is 100 Å². The van der Waals surface area contributed by atoms with Crippen molar-refractivity contribution in [2.24, 2.45) is 0 Å². The summed E-state index contributed by atoms with van der Waals surface area (Å²) < 4.78 is 11.3. The zero-order chi connectivity index (χ0) is 16.7. The van der Waals surface area contributed by atoms with Gasteiger partial charge in [0.25, 0.3) is 0 Å². The Hall–Kier alpha value is -1.54. The Morgan fingerprint density at radius 3 is 2.70 bits per heavy atom. The largest absolute Gasteiger partial charge is 0.477 e. The smallest absolute Gasteiger partial charge is 0.195 e. The lowest BCUT2D eigenvalue weighted by atomic mass is 10.1. The van der Waals surface area contributed by atoms with Crippen molar-refractivity contribution in [3.63, 3.8) is 0 Å². The SMILES string of the molecule is Cc1oc2cc(O[C@@H]3SC[C@@H](O)[C@H](O)[C@H]3O)ccc2c(=O)c1C. The van der Waals surface area contributed by atoms with Crippen LogP contribution in [0, 0.1) is 13.8 Å². The summed E-state index contributed by atoms with van der Waals surface area (Å²) in [6, 6.07) is 4.83. The molecule has 1 aliphatic rings. The highest BCUT2D eigenvalue weighted by atomic mass is 32.2. The van der Waals surface area contributed by atoms with Crippen LogP contribution in [0.25, 0.3) is 11.0 Å². The maximum Gasteiger partial charge on any atom is 0.195 e. The Morgan fingerprint density at radius 2 is 1.96 bits per heavy atom. The van der Waals surface area contributed by atoms with Crippen molar-refractivity contribution < 1.29 is 24.5 Å². The monoisotopic (exact) mass is 338 g/mol. The molecular weight excluding hydrogens is 320 g/mol. The van der Waals surface area contributed by atoms with E-state index >= 15 is 0 Å². The van der Waals surface area contributed by atoms with E-state index in [4.69, 9.17) is 9.15 Å². The molecule has 0 amide bonds. The molecule has 1 saturated heterocycles. The maximum absolute atomic E-state index is 12.2. The van der Waals surface area contributed by atoms with Crippen molar-refractivity contribution in [2.45, 2.75) is 37.6 Å². The Kier molecular flexibility index (Phi) is 4.37. The van der Waals surface area contributed by atoms with E-state index in [1.807, 2.05) is 0 Å². The molecule has 6 nitrogen and oxygen atoms in total. The van der Waals surface area contributed by atoms with E-state index in [9.17, 15) is 20.1 Å². The summed E-state index contributed by atoms with van der Waals surface area (Å²) in [6.45, 7) is 3.44. The minimum absolute atomic E-state index is 0.0825. The number of thioether (sulfide) groups is 1. The molecule has 0 spiro atoms. The zero-order valence-corrected chi connectivity index (χ0v) is 13.5. The number of rotatable bonds is 2. The molecule has 3 rings (SSSR count). The summed E-state index contributed by atoms with van der Waals surface area (Å²) in [6.07, 6.45) is -3.43. The highest BCUT2D eigenvalue weighted by Crippen LogP contribution is 2.30. The second-order valence-electron chi connectivity index (χ2n) is 5.64. The fourth-order valence-corrected chi connectivity index (χ4v) is 3.59. The molecule has 1 aromatic carbocycles. The summed E-state index contributed by atoms with van der Waals surface area (Å²) in [4.78, 5) is 12.2. The lowest BCUT2D eigenvalue weighted by Crippen LogP contribution is -2.50. The summed E-state index contributed by atoms with van der Waals surface area (Å²) in [5, 5.41) is 29.7. The van der Waals surface area contributed by atoms with Gasteiger partial charge in [0.1, 0.15) is 29.3 Å². The molecule has 1 aliphatic heterocycles. The number of hydrogen-bond acceptors (Lipinski definition) is 7. The zero-order valence-electron chi connectivity index (χ0n) is 12.7. The van der Waals surface area contributed by atoms with Crippen LogP contribution < -0.4 is 10.2 Å². The molecule has 0 bridgehead atoms. The lowest BCUT2D eigenvalue weighted by molar-refractivity contribution is -0.0786. The average Bonchev–Trinajstić information content (AvgIpc) is 2.53. The van der Waals surface area contributed by atoms with Crippen LogP contribution in [0.3, 0.4) is 0 Å². The van der Waals surface area contributed by atoms with Crippen molar-refractivity contribution in [1.82, 2.24) is 0 Å². The Labute approximate surface area is 136 Å². The summed E-state index contributed by atoms with van der Waals surface area (Å²) in [5.41, 5.74) is 0.193. The normalized spacial score (nSPS) is 28.0. The van der Waals surface area contributed by atoms with Crippen molar-refractivity contribution in [3.05, 3.63) is 39.7 Å². The van der Waals surface area contributed by atoms with E-state index in [1.54, 1.807) is 32.0 Å². The first-order valence-electron chi connectivity index (χ1n) is 7.25. The van der Waals surface area contributed by atoms with Crippen LogP contribution in [0.15, 0.2) is 27.4 Å². The van der Waals surface area contributed by atoms with Gasteiger partial charge in [0.05, 0.1) is 11.5 Å². The first kappa shape index (κ1) is 16.3. The molecule has 23 heavy (non-hydrogen) atoms. The Balaban J connectivity index is 1.90. The third kappa shape index (κ3) is 2.97. The van der Waals surface area contributed by atoms with E-state index in [0.717, 1.165) is 0 Å². The second-order valence-corrected chi connectivity index (χ2v) is 6.77. The first-order chi connectivity index (χ1) is 10.9. The number of aliphatic hydroxyl groups is 3. The fourth-order valence-electron chi connectivity index (χ4n) is 2.47. The number of ether oxygens (including phenoxy) is 1. The minimum atomic E-state index is -1.25. The number of aryl methyl sites for hydroxylation is 1. The van der Waals surface area contributed by atoms with E-state index in [0.29, 0.717) is 28.0 Å². The van der Waals surface area contributed by atoms with Crippen LogP contribution in [0.2, 0.25) is 0 Å². The van der Waals surface area contributed by atoms with Gasteiger partial charge in [0.15, 0.2) is 10.9 Å². The average molecular weight is 338 g/mol. The molecule has 1 aromatic heterocycles. The van der Waals surface area contributed by atoms with Gasteiger partial charge >= 0.3 is 0 Å². The van der Waals surface area contributed by atoms with Gasteiger partial charge in [-0.25, -0.2) is 0 Å².